The van der Waals surface area contributed by atoms with Crippen molar-refractivity contribution in [3.8, 4) is 0 Å². The van der Waals surface area contributed by atoms with Gasteiger partial charge >= 0.3 is 6.18 Å². The van der Waals surface area contributed by atoms with Crippen LogP contribution in [0.3, 0.4) is 0 Å². The molecule has 1 heterocycles. The summed E-state index contributed by atoms with van der Waals surface area (Å²) in [6.45, 7) is 4.87. The van der Waals surface area contributed by atoms with E-state index in [9.17, 15) is 13.2 Å². The first-order chi connectivity index (χ1) is 8.18. The Morgan fingerprint density at radius 3 is 2.28 bits per heavy atom. The molecule has 0 unspecified atom stereocenters. The van der Waals surface area contributed by atoms with Crippen LogP contribution in [0.4, 0.5) is 13.2 Å². The molecule has 2 rings (SSSR count). The van der Waals surface area contributed by atoms with Crippen molar-refractivity contribution in [1.29, 1.82) is 0 Å². The van der Waals surface area contributed by atoms with Gasteiger partial charge in [-0.05, 0) is 31.2 Å². The second-order valence-electron chi connectivity index (χ2n) is 6.00. The molecular weight excluding hydrogens is 241 g/mol. The molecule has 0 aromatic carbocycles. The Labute approximate surface area is 105 Å². The summed E-state index contributed by atoms with van der Waals surface area (Å²) in [5.41, 5.74) is 2.38. The van der Waals surface area contributed by atoms with Crippen LogP contribution < -0.4 is 0 Å². The molecule has 0 amide bonds. The summed E-state index contributed by atoms with van der Waals surface area (Å²) in [6.07, 6.45) is -0.467. The zero-order valence-corrected chi connectivity index (χ0v) is 11.1. The van der Waals surface area contributed by atoms with Crippen molar-refractivity contribution in [2.24, 2.45) is 0 Å². The van der Waals surface area contributed by atoms with Crippen molar-refractivity contribution in [3.63, 3.8) is 0 Å². The minimum atomic E-state index is -4.21. The van der Waals surface area contributed by atoms with E-state index < -0.39 is 12.7 Å². The van der Waals surface area contributed by atoms with E-state index in [1.807, 2.05) is 20.8 Å². The number of halogens is 3. The molecule has 0 saturated carbocycles. The average Bonchev–Trinajstić information content (AvgIpc) is 2.50. The highest BCUT2D eigenvalue weighted by atomic mass is 19.4. The lowest BCUT2D eigenvalue weighted by atomic mass is 9.84. The van der Waals surface area contributed by atoms with Crippen LogP contribution in [0.1, 0.15) is 50.6 Å². The monoisotopic (exact) mass is 260 g/mol. The van der Waals surface area contributed by atoms with Gasteiger partial charge in [0.1, 0.15) is 6.54 Å². The van der Waals surface area contributed by atoms with Crippen LogP contribution in [-0.2, 0) is 24.8 Å². The van der Waals surface area contributed by atoms with Crippen LogP contribution in [0.25, 0.3) is 0 Å². The normalized spacial score (nSPS) is 16.8. The Morgan fingerprint density at radius 1 is 1.11 bits per heavy atom. The predicted molar refractivity (Wildman–Crippen MR) is 63.6 cm³/mol. The average molecular weight is 260 g/mol. The Kier molecular flexibility index (Phi) is 3.19. The number of hydrogen-bond donors (Lipinski definition) is 0. The third kappa shape index (κ3) is 2.70. The molecule has 1 aliphatic carbocycles. The summed E-state index contributed by atoms with van der Waals surface area (Å²) in [5, 5.41) is 4.20. The molecule has 0 radical (unpaired) electrons. The SMILES string of the molecule is CC(C)(C)c1c2c(nn1CC(F)(F)F)CCCC2. The van der Waals surface area contributed by atoms with Gasteiger partial charge in [-0.3, -0.25) is 4.68 Å². The molecule has 5 heteroatoms. The quantitative estimate of drug-likeness (QED) is 0.754. The van der Waals surface area contributed by atoms with Crippen molar-refractivity contribution in [3.05, 3.63) is 17.0 Å². The predicted octanol–water partition coefficient (Wildman–Crippen LogP) is 3.62. The van der Waals surface area contributed by atoms with Crippen LogP contribution in [-0.4, -0.2) is 16.0 Å². The Balaban J connectivity index is 2.48. The van der Waals surface area contributed by atoms with Gasteiger partial charge in [-0.1, -0.05) is 20.8 Å². The lowest BCUT2D eigenvalue weighted by molar-refractivity contribution is -0.143. The van der Waals surface area contributed by atoms with Gasteiger partial charge in [-0.2, -0.15) is 18.3 Å². The van der Waals surface area contributed by atoms with Crippen LogP contribution in [0, 0.1) is 0 Å². The van der Waals surface area contributed by atoms with Gasteiger partial charge in [0.15, 0.2) is 0 Å². The fourth-order valence-electron chi connectivity index (χ4n) is 2.73. The maximum Gasteiger partial charge on any atom is 0.408 e. The van der Waals surface area contributed by atoms with E-state index in [1.54, 1.807) is 0 Å². The highest BCUT2D eigenvalue weighted by Gasteiger charge is 2.34. The van der Waals surface area contributed by atoms with Crippen LogP contribution in [0.2, 0.25) is 0 Å². The molecule has 1 aliphatic rings. The summed E-state index contributed by atoms with van der Waals surface area (Å²) in [7, 11) is 0. The molecule has 0 spiro atoms. The summed E-state index contributed by atoms with van der Waals surface area (Å²) >= 11 is 0. The van der Waals surface area contributed by atoms with Crippen molar-refractivity contribution >= 4 is 0 Å². The molecular formula is C13H19F3N2. The summed E-state index contributed by atoms with van der Waals surface area (Å²) in [4.78, 5) is 0. The fourth-order valence-corrected chi connectivity index (χ4v) is 2.73. The molecule has 0 atom stereocenters. The zero-order valence-electron chi connectivity index (χ0n) is 11.1. The Hall–Kier alpha value is -1.00. The van der Waals surface area contributed by atoms with Gasteiger partial charge in [-0.25, -0.2) is 0 Å². The lowest BCUT2D eigenvalue weighted by Gasteiger charge is -2.24. The molecule has 18 heavy (non-hydrogen) atoms. The molecule has 1 aromatic rings. The van der Waals surface area contributed by atoms with E-state index in [0.29, 0.717) is 0 Å². The van der Waals surface area contributed by atoms with Crippen molar-refractivity contribution in [2.75, 3.05) is 0 Å². The fraction of sp³-hybridized carbons (Fsp3) is 0.769. The van der Waals surface area contributed by atoms with Crippen molar-refractivity contribution in [1.82, 2.24) is 9.78 Å². The number of aromatic nitrogens is 2. The first-order valence-corrected chi connectivity index (χ1v) is 6.34. The van der Waals surface area contributed by atoms with Gasteiger partial charge in [0.2, 0.25) is 0 Å². The molecule has 102 valence electrons. The second-order valence-corrected chi connectivity index (χ2v) is 6.00. The number of fused-ring (bicyclic) bond motifs is 1. The molecule has 0 aliphatic heterocycles. The molecule has 0 fully saturated rings. The van der Waals surface area contributed by atoms with Gasteiger partial charge in [-0.15, -0.1) is 0 Å². The molecule has 1 aromatic heterocycles. The molecule has 0 N–H and O–H groups in total. The van der Waals surface area contributed by atoms with E-state index >= 15 is 0 Å². The third-order valence-corrected chi connectivity index (χ3v) is 3.26. The maximum atomic E-state index is 12.6. The first kappa shape index (κ1) is 13.4. The standard InChI is InChI=1S/C13H19F3N2/c1-12(2,3)11-9-6-4-5-7-10(9)17-18(11)8-13(14,15)16/h4-8H2,1-3H3. The van der Waals surface area contributed by atoms with Crippen LogP contribution in [0.15, 0.2) is 0 Å². The molecule has 0 saturated heterocycles. The van der Waals surface area contributed by atoms with Gasteiger partial charge in [0, 0.05) is 11.1 Å². The summed E-state index contributed by atoms with van der Waals surface area (Å²) in [6, 6.07) is 0. The summed E-state index contributed by atoms with van der Waals surface area (Å²) < 4.78 is 39.0. The van der Waals surface area contributed by atoms with Crippen molar-refractivity contribution < 1.29 is 13.2 Å². The number of aryl methyl sites for hydroxylation is 1. The second kappa shape index (κ2) is 4.28. The minimum absolute atomic E-state index is 0.302. The van der Waals surface area contributed by atoms with E-state index in [-0.39, 0.29) is 5.41 Å². The van der Waals surface area contributed by atoms with E-state index in [4.69, 9.17) is 0 Å². The zero-order chi connectivity index (χ0) is 13.6. The lowest BCUT2D eigenvalue weighted by Crippen LogP contribution is -2.26. The van der Waals surface area contributed by atoms with Crippen LogP contribution in [0.5, 0.6) is 0 Å². The Bertz CT molecular complexity index is 438. The van der Waals surface area contributed by atoms with Gasteiger partial charge < -0.3 is 0 Å². The number of nitrogens with zero attached hydrogens (tertiary/aromatic N) is 2. The molecule has 0 bridgehead atoms. The Morgan fingerprint density at radius 2 is 1.72 bits per heavy atom. The highest BCUT2D eigenvalue weighted by molar-refractivity contribution is 5.33. The first-order valence-electron chi connectivity index (χ1n) is 6.34. The largest absolute Gasteiger partial charge is 0.408 e. The number of hydrogen-bond acceptors (Lipinski definition) is 1. The van der Waals surface area contributed by atoms with Gasteiger partial charge in [0.25, 0.3) is 0 Å². The number of rotatable bonds is 1. The van der Waals surface area contributed by atoms with Crippen LogP contribution >= 0.6 is 0 Å². The smallest absolute Gasteiger partial charge is 0.259 e. The van der Waals surface area contributed by atoms with E-state index in [2.05, 4.69) is 5.10 Å². The van der Waals surface area contributed by atoms with E-state index in [0.717, 1.165) is 42.6 Å². The molecule has 2 nitrogen and oxygen atoms in total. The topological polar surface area (TPSA) is 17.8 Å². The van der Waals surface area contributed by atoms with Crippen molar-refractivity contribution in [2.45, 2.75) is 64.6 Å². The minimum Gasteiger partial charge on any atom is -0.259 e. The highest BCUT2D eigenvalue weighted by Crippen LogP contribution is 2.34. The summed E-state index contributed by atoms with van der Waals surface area (Å²) in [5.74, 6) is 0. The van der Waals surface area contributed by atoms with E-state index in [1.165, 1.54) is 4.68 Å². The third-order valence-electron chi connectivity index (χ3n) is 3.26. The maximum absolute atomic E-state index is 12.6. The number of alkyl halides is 3. The van der Waals surface area contributed by atoms with Gasteiger partial charge in [0.05, 0.1) is 5.69 Å².